The molecule has 2 unspecified atom stereocenters. The van der Waals surface area contributed by atoms with E-state index in [1.807, 2.05) is 31.4 Å². The summed E-state index contributed by atoms with van der Waals surface area (Å²) in [6.45, 7) is 3.88. The van der Waals surface area contributed by atoms with Crippen molar-refractivity contribution in [2.45, 2.75) is 38.8 Å². The molecule has 4 rings (SSSR count). The van der Waals surface area contributed by atoms with Crippen molar-refractivity contribution in [3.63, 3.8) is 0 Å². The summed E-state index contributed by atoms with van der Waals surface area (Å²) in [6, 6.07) is 14.4. The molecule has 2 heterocycles. The Labute approximate surface area is 162 Å². The number of nitrogens with zero attached hydrogens (tertiary/aromatic N) is 2. The maximum atomic E-state index is 12.5. The molecule has 0 saturated carbocycles. The fraction of sp³-hybridized carbons (Fsp3) is 0.286. The smallest absolute Gasteiger partial charge is 0.264 e. The molecule has 0 bridgehead atoms. The van der Waals surface area contributed by atoms with Crippen molar-refractivity contribution < 1.29 is 9.63 Å². The van der Waals surface area contributed by atoms with Gasteiger partial charge < -0.3 is 10.2 Å². The van der Waals surface area contributed by atoms with E-state index in [4.69, 9.17) is 4.84 Å². The van der Waals surface area contributed by atoms with Gasteiger partial charge in [0.1, 0.15) is 0 Å². The van der Waals surface area contributed by atoms with Crippen LogP contribution in [0.15, 0.2) is 53.0 Å². The number of thiazole rings is 1. The highest BCUT2D eigenvalue weighted by Gasteiger charge is 2.29. The molecule has 1 amide bonds. The first-order valence-electron chi connectivity index (χ1n) is 9.01. The molecular formula is C21H21N3O2S. The monoisotopic (exact) mass is 379 g/mol. The predicted octanol–water partition coefficient (Wildman–Crippen LogP) is 4.17. The number of hydrogen-bond donors (Lipinski definition) is 1. The minimum absolute atomic E-state index is 0.145. The minimum atomic E-state index is -0.572. The van der Waals surface area contributed by atoms with Gasteiger partial charge in [-0.2, -0.15) is 0 Å². The number of oxime groups is 1. The lowest BCUT2D eigenvalue weighted by Crippen LogP contribution is -2.36. The Kier molecular flexibility index (Phi) is 4.90. The average molecular weight is 379 g/mol. The van der Waals surface area contributed by atoms with Crippen molar-refractivity contribution in [3.05, 3.63) is 64.1 Å². The van der Waals surface area contributed by atoms with Crippen molar-refractivity contribution in [1.82, 2.24) is 10.3 Å². The number of aromatic nitrogens is 1. The Balaban J connectivity index is 1.38. The molecule has 0 fully saturated rings. The maximum Gasteiger partial charge on any atom is 0.264 e. The molecule has 138 valence electrons. The standard InChI is InChI=1S/C21H21N3O2S/c1-13(19-12-27-14(2)23-19)22-21(25)20-11-17(24-26-20)10-16-8-5-7-15-6-3-4-9-18(15)16/h3-9,12-13,20H,10-11H2,1-2H3,(H,22,25). The molecule has 6 heteroatoms. The zero-order valence-corrected chi connectivity index (χ0v) is 16.1. The number of amides is 1. The molecular weight excluding hydrogens is 358 g/mol. The number of benzene rings is 2. The van der Waals surface area contributed by atoms with Crippen molar-refractivity contribution in [2.24, 2.45) is 5.16 Å². The maximum absolute atomic E-state index is 12.5. The van der Waals surface area contributed by atoms with E-state index in [1.54, 1.807) is 11.3 Å². The average Bonchev–Trinajstić information content (AvgIpc) is 3.31. The molecule has 1 N–H and O–H groups in total. The van der Waals surface area contributed by atoms with Gasteiger partial charge in [-0.25, -0.2) is 4.98 Å². The van der Waals surface area contributed by atoms with Crippen LogP contribution in [0, 0.1) is 6.92 Å². The van der Waals surface area contributed by atoms with Crippen molar-refractivity contribution >= 4 is 33.7 Å². The molecule has 1 aromatic heterocycles. The second-order valence-corrected chi connectivity index (χ2v) is 7.85. The summed E-state index contributed by atoms with van der Waals surface area (Å²) in [4.78, 5) is 22.3. The number of carbonyl (C=O) groups is 1. The normalized spacial score (nSPS) is 17.4. The molecule has 2 atom stereocenters. The Bertz CT molecular complexity index is 1010. The first-order chi connectivity index (χ1) is 13.1. The number of rotatable bonds is 5. The molecule has 1 aliphatic rings. The SMILES string of the molecule is Cc1nc(C(C)NC(=O)C2CC(Cc3cccc4ccccc34)=NO2)cs1. The highest BCUT2D eigenvalue weighted by molar-refractivity contribution is 7.09. The molecule has 0 spiro atoms. The first kappa shape index (κ1) is 17.7. The topological polar surface area (TPSA) is 63.6 Å². The Hall–Kier alpha value is -2.73. The second kappa shape index (κ2) is 7.48. The summed E-state index contributed by atoms with van der Waals surface area (Å²) in [7, 11) is 0. The predicted molar refractivity (Wildman–Crippen MR) is 108 cm³/mol. The van der Waals surface area contributed by atoms with Gasteiger partial charge in [0.05, 0.1) is 22.5 Å². The fourth-order valence-corrected chi connectivity index (χ4v) is 4.00. The van der Waals surface area contributed by atoms with E-state index in [2.05, 4.69) is 45.8 Å². The highest BCUT2D eigenvalue weighted by atomic mass is 32.1. The van der Waals surface area contributed by atoms with Crippen LogP contribution in [0.25, 0.3) is 10.8 Å². The van der Waals surface area contributed by atoms with E-state index >= 15 is 0 Å². The van der Waals surface area contributed by atoms with Gasteiger partial charge in [-0.3, -0.25) is 4.79 Å². The molecule has 0 saturated heterocycles. The van der Waals surface area contributed by atoms with Gasteiger partial charge in [-0.15, -0.1) is 11.3 Å². The van der Waals surface area contributed by atoms with Gasteiger partial charge in [-0.1, -0.05) is 47.6 Å². The van der Waals surface area contributed by atoms with Crippen LogP contribution >= 0.6 is 11.3 Å². The lowest BCUT2D eigenvalue weighted by Gasteiger charge is -2.14. The number of nitrogens with one attached hydrogen (secondary N) is 1. The van der Waals surface area contributed by atoms with E-state index in [1.165, 1.54) is 16.3 Å². The first-order valence-corrected chi connectivity index (χ1v) is 9.89. The summed E-state index contributed by atoms with van der Waals surface area (Å²) in [6.07, 6.45) is 0.626. The van der Waals surface area contributed by atoms with Crippen LogP contribution in [0.5, 0.6) is 0 Å². The van der Waals surface area contributed by atoms with Gasteiger partial charge >= 0.3 is 0 Å². The van der Waals surface area contributed by atoms with Crippen molar-refractivity contribution in [1.29, 1.82) is 0 Å². The molecule has 27 heavy (non-hydrogen) atoms. The van der Waals surface area contributed by atoms with Gasteiger partial charge in [0.15, 0.2) is 0 Å². The number of carbonyl (C=O) groups excluding carboxylic acids is 1. The molecule has 1 aliphatic heterocycles. The van der Waals surface area contributed by atoms with Gasteiger partial charge in [0, 0.05) is 18.2 Å². The Morgan fingerprint density at radius 1 is 1.30 bits per heavy atom. The number of aryl methyl sites for hydroxylation is 1. The number of fused-ring (bicyclic) bond motifs is 1. The van der Waals surface area contributed by atoms with Crippen LogP contribution in [0.1, 0.15) is 35.7 Å². The van der Waals surface area contributed by atoms with Crippen LogP contribution in [0.3, 0.4) is 0 Å². The molecule has 0 aliphatic carbocycles. The Morgan fingerprint density at radius 3 is 2.93 bits per heavy atom. The van der Waals surface area contributed by atoms with Gasteiger partial charge in [-0.05, 0) is 30.2 Å². The van der Waals surface area contributed by atoms with E-state index in [9.17, 15) is 4.79 Å². The van der Waals surface area contributed by atoms with E-state index in [0.717, 1.165) is 16.4 Å². The third-order valence-corrected chi connectivity index (χ3v) is 5.53. The van der Waals surface area contributed by atoms with Crippen LogP contribution < -0.4 is 5.32 Å². The van der Waals surface area contributed by atoms with Crippen LogP contribution in [-0.2, 0) is 16.1 Å². The minimum Gasteiger partial charge on any atom is -0.382 e. The quantitative estimate of drug-likeness (QED) is 0.724. The molecule has 3 aromatic rings. The fourth-order valence-electron chi connectivity index (χ4n) is 3.30. The van der Waals surface area contributed by atoms with E-state index in [0.29, 0.717) is 12.8 Å². The summed E-state index contributed by atoms with van der Waals surface area (Å²) >= 11 is 1.58. The number of hydrogen-bond acceptors (Lipinski definition) is 5. The van der Waals surface area contributed by atoms with Crippen LogP contribution in [0.4, 0.5) is 0 Å². The van der Waals surface area contributed by atoms with E-state index in [-0.39, 0.29) is 11.9 Å². The third-order valence-electron chi connectivity index (χ3n) is 4.74. The lowest BCUT2D eigenvalue weighted by atomic mass is 9.98. The van der Waals surface area contributed by atoms with Crippen LogP contribution in [0.2, 0.25) is 0 Å². The zero-order chi connectivity index (χ0) is 18.8. The zero-order valence-electron chi connectivity index (χ0n) is 15.3. The second-order valence-electron chi connectivity index (χ2n) is 6.79. The van der Waals surface area contributed by atoms with Crippen molar-refractivity contribution in [2.75, 3.05) is 0 Å². The summed E-state index contributed by atoms with van der Waals surface area (Å²) in [5, 5.41) is 12.5. The van der Waals surface area contributed by atoms with Crippen molar-refractivity contribution in [3.8, 4) is 0 Å². The summed E-state index contributed by atoms with van der Waals surface area (Å²) < 4.78 is 0. The van der Waals surface area contributed by atoms with Gasteiger partial charge in [0.25, 0.3) is 5.91 Å². The van der Waals surface area contributed by atoms with E-state index < -0.39 is 6.10 Å². The summed E-state index contributed by atoms with van der Waals surface area (Å²) in [5.74, 6) is -0.148. The Morgan fingerprint density at radius 2 is 2.11 bits per heavy atom. The molecule has 0 radical (unpaired) electrons. The third kappa shape index (κ3) is 3.85. The summed E-state index contributed by atoms with van der Waals surface area (Å²) in [5.41, 5.74) is 2.97. The van der Waals surface area contributed by atoms with Crippen LogP contribution in [-0.4, -0.2) is 22.7 Å². The largest absolute Gasteiger partial charge is 0.382 e. The molecule has 2 aromatic carbocycles. The highest BCUT2D eigenvalue weighted by Crippen LogP contribution is 2.23. The van der Waals surface area contributed by atoms with Gasteiger partial charge in [0.2, 0.25) is 6.10 Å². The molecule has 5 nitrogen and oxygen atoms in total. The lowest BCUT2D eigenvalue weighted by molar-refractivity contribution is -0.131.